The molecule has 242 valence electrons. The van der Waals surface area contributed by atoms with Crippen LogP contribution in [0.3, 0.4) is 0 Å². The summed E-state index contributed by atoms with van der Waals surface area (Å²) in [6, 6.07) is 10.8. The van der Waals surface area contributed by atoms with Gasteiger partial charge in [-0.05, 0) is 38.5 Å². The van der Waals surface area contributed by atoms with Gasteiger partial charge in [0.1, 0.15) is 18.4 Å². The second-order valence-electron chi connectivity index (χ2n) is 11.8. The fourth-order valence-corrected chi connectivity index (χ4v) is 4.64. The third-order valence-corrected chi connectivity index (χ3v) is 7.18. The highest BCUT2D eigenvalue weighted by atomic mass is 16.7. The van der Waals surface area contributed by atoms with Crippen LogP contribution in [0.5, 0.6) is 0 Å². The number of nitrogens with one attached hydrogen (secondary N) is 2. The molecule has 15 nitrogen and oxygen atoms in total. The van der Waals surface area contributed by atoms with Crippen molar-refractivity contribution in [2.45, 2.75) is 52.7 Å². The molecule has 15 heteroatoms. The van der Waals surface area contributed by atoms with E-state index in [-0.39, 0.29) is 42.5 Å². The number of carbonyl (C=O) groups excluding carboxylic acids is 4. The van der Waals surface area contributed by atoms with Gasteiger partial charge >= 0.3 is 11.9 Å². The van der Waals surface area contributed by atoms with E-state index in [2.05, 4.69) is 10.4 Å². The van der Waals surface area contributed by atoms with E-state index in [1.807, 2.05) is 0 Å². The Labute approximate surface area is 264 Å². The molecule has 4 rings (SSSR count). The number of hydrogen-bond donors (Lipinski definition) is 3. The van der Waals surface area contributed by atoms with Crippen LogP contribution in [-0.4, -0.2) is 68.6 Å². The largest absolute Gasteiger partial charge is 0.427 e. The van der Waals surface area contributed by atoms with Crippen LogP contribution < -0.4 is 11.1 Å². The molecule has 1 aliphatic rings. The number of carbonyl (C=O) groups is 4. The first-order valence-electron chi connectivity index (χ1n) is 14.4. The zero-order chi connectivity index (χ0) is 33.6. The van der Waals surface area contributed by atoms with Crippen LogP contribution in [-0.2, 0) is 49.8 Å². The van der Waals surface area contributed by atoms with Gasteiger partial charge in [0.25, 0.3) is 11.6 Å². The zero-order valence-corrected chi connectivity index (χ0v) is 25.6. The van der Waals surface area contributed by atoms with Gasteiger partial charge in [-0.3, -0.25) is 34.6 Å². The predicted molar refractivity (Wildman–Crippen MR) is 163 cm³/mol. The van der Waals surface area contributed by atoms with Crippen LogP contribution in [0.25, 0.3) is 0 Å². The Morgan fingerprint density at radius 1 is 1.07 bits per heavy atom. The third kappa shape index (κ3) is 8.52. The lowest BCUT2D eigenvalue weighted by molar-refractivity contribution is -0.384. The number of rotatable bonds is 11. The van der Waals surface area contributed by atoms with Crippen molar-refractivity contribution in [3.63, 3.8) is 0 Å². The first-order valence-corrected chi connectivity index (χ1v) is 14.4. The smallest absolute Gasteiger partial charge is 0.330 e. The number of fused-ring (bicyclic) bond motifs is 1. The Morgan fingerprint density at radius 3 is 2.33 bits per heavy atom. The van der Waals surface area contributed by atoms with Crippen molar-refractivity contribution in [1.82, 2.24) is 20.0 Å². The van der Waals surface area contributed by atoms with Gasteiger partial charge in [-0.2, -0.15) is 5.10 Å². The molecular formula is C31H35N7O8. The molecule has 4 N–H and O–H groups in total. The van der Waals surface area contributed by atoms with E-state index >= 15 is 0 Å². The number of amidine groups is 1. The number of hydrogen-bond acceptors (Lipinski definition) is 10. The number of aromatic nitrogens is 2. The normalized spacial score (nSPS) is 13.2. The fourth-order valence-electron chi connectivity index (χ4n) is 4.64. The fraction of sp³-hybridized carbons (Fsp3) is 0.355. The molecule has 0 aliphatic carbocycles. The quantitative estimate of drug-likeness (QED) is 0.0698. The number of benzene rings is 2. The number of nitro benzene ring substituents is 1. The summed E-state index contributed by atoms with van der Waals surface area (Å²) >= 11 is 0. The average Bonchev–Trinajstić information content (AvgIpc) is 3.41. The van der Waals surface area contributed by atoms with Crippen molar-refractivity contribution < 1.29 is 33.6 Å². The van der Waals surface area contributed by atoms with Gasteiger partial charge in [0.2, 0.25) is 12.7 Å². The molecule has 0 unspecified atom stereocenters. The van der Waals surface area contributed by atoms with Gasteiger partial charge < -0.3 is 25.4 Å². The van der Waals surface area contributed by atoms with Crippen molar-refractivity contribution in [3.8, 4) is 0 Å². The molecule has 0 bridgehead atoms. The molecule has 3 aromatic rings. The Balaban J connectivity index is 1.44. The maximum atomic E-state index is 13.8. The minimum Gasteiger partial charge on any atom is -0.427 e. The van der Waals surface area contributed by atoms with Crippen molar-refractivity contribution in [3.05, 3.63) is 92.8 Å². The van der Waals surface area contributed by atoms with Crippen LogP contribution in [0.4, 0.5) is 5.69 Å². The number of amides is 2. The summed E-state index contributed by atoms with van der Waals surface area (Å²) in [6.45, 7) is 4.78. The molecule has 1 atom stereocenters. The number of ether oxygens (including phenoxy) is 2. The molecule has 1 aliphatic heterocycles. The van der Waals surface area contributed by atoms with E-state index in [1.54, 1.807) is 31.9 Å². The molecule has 1 aromatic heterocycles. The Bertz CT molecular complexity index is 1640. The summed E-state index contributed by atoms with van der Waals surface area (Å²) in [6.07, 6.45) is 2.11. The van der Waals surface area contributed by atoms with Gasteiger partial charge in [0.15, 0.2) is 0 Å². The molecule has 2 amide bonds. The summed E-state index contributed by atoms with van der Waals surface area (Å²) in [7, 11) is 0. The Morgan fingerprint density at radius 2 is 1.72 bits per heavy atom. The minimum atomic E-state index is -1.01. The Hall–Kier alpha value is -5.60. The van der Waals surface area contributed by atoms with Crippen LogP contribution in [0.2, 0.25) is 0 Å². The maximum Gasteiger partial charge on any atom is 0.330 e. The van der Waals surface area contributed by atoms with Crippen LogP contribution in [0.15, 0.2) is 54.7 Å². The van der Waals surface area contributed by atoms with E-state index in [4.69, 9.17) is 20.6 Å². The summed E-state index contributed by atoms with van der Waals surface area (Å²) in [5.41, 5.74) is 7.40. The number of nitro groups is 1. The summed E-state index contributed by atoms with van der Waals surface area (Å²) < 4.78 is 11.4. The van der Waals surface area contributed by atoms with Crippen molar-refractivity contribution in [2.24, 2.45) is 11.1 Å². The standard InChI is InChI=1S/C31H35N7O8/c1-31(2,3)30(42)46-18-45-26(39)17-37-16-22-15-36(13-12-24(22)35-37)29(41)25(14-19-4-10-23(11-5-19)38(43)44)34-28(40)21-8-6-20(7-9-21)27(32)33/h4-11,16,25H,12-15,17-18H2,1-3H3,(H3,32,33)(H,34,40)/t25-/m0/s1. The molecular weight excluding hydrogens is 598 g/mol. The lowest BCUT2D eigenvalue weighted by atomic mass is 9.98. The van der Waals surface area contributed by atoms with E-state index in [1.165, 1.54) is 53.2 Å². The zero-order valence-electron chi connectivity index (χ0n) is 25.6. The molecule has 0 radical (unpaired) electrons. The second kappa shape index (κ2) is 14.0. The number of nitrogen functional groups attached to an aromatic ring is 1. The van der Waals surface area contributed by atoms with Gasteiger partial charge in [0, 0.05) is 61.0 Å². The highest BCUT2D eigenvalue weighted by Crippen LogP contribution is 2.21. The predicted octanol–water partition coefficient (Wildman–Crippen LogP) is 2.09. The number of nitrogens with zero attached hydrogens (tertiary/aromatic N) is 4. The minimum absolute atomic E-state index is 0.0718. The maximum absolute atomic E-state index is 13.8. The summed E-state index contributed by atoms with van der Waals surface area (Å²) in [4.78, 5) is 63.3. The molecule has 2 heterocycles. The average molecular weight is 634 g/mol. The first-order chi connectivity index (χ1) is 21.7. The second-order valence-corrected chi connectivity index (χ2v) is 11.8. The molecule has 0 fully saturated rings. The molecule has 2 aromatic carbocycles. The van der Waals surface area contributed by atoms with Crippen LogP contribution in [0, 0.1) is 20.9 Å². The van der Waals surface area contributed by atoms with Gasteiger partial charge in [-0.15, -0.1) is 0 Å². The topological polar surface area (TPSA) is 213 Å². The lowest BCUT2D eigenvalue weighted by Gasteiger charge is -2.30. The Kier molecular flexibility index (Phi) is 10.1. The first kappa shape index (κ1) is 33.3. The van der Waals surface area contributed by atoms with Gasteiger partial charge in [-0.25, -0.2) is 4.79 Å². The van der Waals surface area contributed by atoms with Crippen LogP contribution >= 0.6 is 0 Å². The van der Waals surface area contributed by atoms with Crippen LogP contribution in [0.1, 0.15) is 53.5 Å². The van der Waals surface area contributed by atoms with Crippen molar-refractivity contribution in [1.29, 1.82) is 5.41 Å². The molecule has 46 heavy (non-hydrogen) atoms. The molecule has 0 saturated carbocycles. The van der Waals surface area contributed by atoms with Crippen molar-refractivity contribution >= 4 is 35.3 Å². The third-order valence-electron chi connectivity index (χ3n) is 7.18. The van der Waals surface area contributed by atoms with Gasteiger partial charge in [-0.1, -0.05) is 24.3 Å². The van der Waals surface area contributed by atoms with Crippen molar-refractivity contribution in [2.75, 3.05) is 13.3 Å². The summed E-state index contributed by atoms with van der Waals surface area (Å²) in [5, 5.41) is 25.9. The van der Waals surface area contributed by atoms with E-state index in [9.17, 15) is 29.3 Å². The highest BCUT2D eigenvalue weighted by Gasteiger charge is 2.31. The van der Waals surface area contributed by atoms with E-state index in [0.717, 1.165) is 0 Å². The SMILES string of the molecule is CC(C)(C)C(=O)OCOC(=O)Cn1cc2c(n1)CCN(C(=O)[C@H](Cc1ccc([N+](=O)[O-])cc1)NC(=O)c1ccc(C(=N)N)cc1)C2. The number of non-ortho nitro benzene ring substituents is 1. The number of esters is 2. The molecule has 0 spiro atoms. The summed E-state index contributed by atoms with van der Waals surface area (Å²) in [5.74, 6) is -2.20. The van der Waals surface area contributed by atoms with Gasteiger partial charge in [0.05, 0.1) is 16.0 Å². The van der Waals surface area contributed by atoms with E-state index in [0.29, 0.717) is 35.3 Å². The molecule has 0 saturated heterocycles. The van der Waals surface area contributed by atoms with E-state index < -0.39 is 41.0 Å². The monoisotopic (exact) mass is 633 g/mol. The number of nitrogens with two attached hydrogens (primary N) is 1. The lowest BCUT2D eigenvalue weighted by Crippen LogP contribution is -2.50. The highest BCUT2D eigenvalue weighted by molar-refractivity contribution is 5.99.